The van der Waals surface area contributed by atoms with E-state index in [9.17, 15) is 14.5 Å². The number of nitrogens with zero attached hydrogens (tertiary/aromatic N) is 1. The average Bonchev–Trinajstić information content (AvgIpc) is 2.51. The van der Waals surface area contributed by atoms with Gasteiger partial charge in [0.1, 0.15) is 6.67 Å². The molecule has 1 rings (SSSR count). The quantitative estimate of drug-likeness (QED) is 0.581. The third-order valence-corrected chi connectivity index (χ3v) is 2.28. The van der Waals surface area contributed by atoms with E-state index in [2.05, 4.69) is 0 Å². The van der Waals surface area contributed by atoms with Crippen LogP contribution in [0, 0.1) is 10.1 Å². The summed E-state index contributed by atoms with van der Waals surface area (Å²) in [5.74, 6) is 0. The summed E-state index contributed by atoms with van der Waals surface area (Å²) in [6, 6.07) is 0.560. The summed E-state index contributed by atoms with van der Waals surface area (Å²) in [7, 11) is 0. The van der Waals surface area contributed by atoms with Crippen LogP contribution in [-0.2, 0) is 0 Å². The van der Waals surface area contributed by atoms with E-state index in [4.69, 9.17) is 5.73 Å². The normalized spacial score (nSPS) is 12.8. The molecule has 0 saturated heterocycles. The van der Waals surface area contributed by atoms with Gasteiger partial charge in [0.25, 0.3) is 0 Å². The molecule has 1 aromatic rings. The minimum Gasteiger partial charge on any atom is -0.322 e. The predicted molar refractivity (Wildman–Crippen MR) is 43.9 cm³/mol. The summed E-state index contributed by atoms with van der Waals surface area (Å²) in [6.07, 6.45) is 0. The molecule has 0 unspecified atom stereocenters. The highest BCUT2D eigenvalue weighted by Gasteiger charge is 2.13. The number of nitrogens with two attached hydrogens (primary N) is 1. The lowest BCUT2D eigenvalue weighted by atomic mass is 10.2. The fraction of sp³-hybridized carbons (Fsp3) is 0.333. The molecule has 0 aromatic carbocycles. The number of rotatable bonds is 3. The molecule has 1 atom stereocenters. The van der Waals surface area contributed by atoms with Crippen molar-refractivity contribution in [3.05, 3.63) is 27.1 Å². The molecule has 0 spiro atoms. The molecule has 4 nitrogen and oxygen atoms in total. The number of hydrogen-bond acceptors (Lipinski definition) is 4. The highest BCUT2D eigenvalue weighted by molar-refractivity contribution is 7.13. The Morgan fingerprint density at radius 2 is 2.50 bits per heavy atom. The van der Waals surface area contributed by atoms with Crippen molar-refractivity contribution in [2.45, 2.75) is 6.04 Å². The second kappa shape index (κ2) is 3.59. The van der Waals surface area contributed by atoms with Crippen molar-refractivity contribution in [1.82, 2.24) is 0 Å². The van der Waals surface area contributed by atoms with Crippen molar-refractivity contribution in [3.63, 3.8) is 0 Å². The van der Waals surface area contributed by atoms with Crippen LogP contribution in [-0.4, -0.2) is 11.6 Å². The Kier molecular flexibility index (Phi) is 2.72. The molecule has 0 aliphatic rings. The van der Waals surface area contributed by atoms with E-state index >= 15 is 0 Å². The van der Waals surface area contributed by atoms with Crippen LogP contribution in [0.2, 0.25) is 0 Å². The Morgan fingerprint density at radius 1 is 1.83 bits per heavy atom. The van der Waals surface area contributed by atoms with Crippen molar-refractivity contribution in [1.29, 1.82) is 0 Å². The lowest BCUT2D eigenvalue weighted by Crippen LogP contribution is -2.10. The van der Waals surface area contributed by atoms with Gasteiger partial charge in [0, 0.05) is 11.4 Å². The molecule has 0 amide bonds. The molecule has 6 heteroatoms. The summed E-state index contributed by atoms with van der Waals surface area (Å²) in [5.41, 5.74) is 5.80. The van der Waals surface area contributed by atoms with E-state index < -0.39 is 17.6 Å². The summed E-state index contributed by atoms with van der Waals surface area (Å²) in [6.45, 7) is -0.701. The van der Waals surface area contributed by atoms with Crippen molar-refractivity contribution in [2.24, 2.45) is 5.73 Å². The molecule has 1 aromatic heterocycles. The van der Waals surface area contributed by atoms with Crippen LogP contribution in [0.5, 0.6) is 0 Å². The van der Waals surface area contributed by atoms with Gasteiger partial charge >= 0.3 is 5.00 Å². The van der Waals surface area contributed by atoms with Crippen molar-refractivity contribution in [3.8, 4) is 0 Å². The molecule has 12 heavy (non-hydrogen) atoms. The summed E-state index contributed by atoms with van der Waals surface area (Å²) < 4.78 is 12.0. The van der Waals surface area contributed by atoms with Gasteiger partial charge in [-0.1, -0.05) is 11.3 Å². The number of hydrogen-bond donors (Lipinski definition) is 1. The van der Waals surface area contributed by atoms with Gasteiger partial charge in [-0.2, -0.15) is 0 Å². The minimum atomic E-state index is -0.741. The standard InChI is InChI=1S/C6H7FN2O2S/c7-2-5(8)4-1-6(9(10)11)12-3-4/h1,3,5H,2,8H2/t5-/m0/s1. The largest absolute Gasteiger partial charge is 0.324 e. The Balaban J connectivity index is 2.84. The van der Waals surface area contributed by atoms with E-state index in [1.54, 1.807) is 0 Å². The zero-order valence-electron chi connectivity index (χ0n) is 6.07. The first-order valence-corrected chi connectivity index (χ1v) is 4.07. The Hall–Kier alpha value is -1.01. The maximum absolute atomic E-state index is 12.0. The Bertz CT molecular complexity index is 289. The third kappa shape index (κ3) is 1.77. The van der Waals surface area contributed by atoms with Gasteiger partial charge in [-0.15, -0.1) is 0 Å². The van der Waals surface area contributed by atoms with Crippen LogP contribution in [0.15, 0.2) is 11.4 Å². The number of alkyl halides is 1. The molecule has 0 bridgehead atoms. The molecule has 0 aliphatic carbocycles. The molecule has 0 radical (unpaired) electrons. The van der Waals surface area contributed by atoms with Gasteiger partial charge in [-0.3, -0.25) is 10.1 Å². The molecule has 0 aliphatic heterocycles. The van der Waals surface area contributed by atoms with Gasteiger partial charge in [0.15, 0.2) is 0 Å². The third-order valence-electron chi connectivity index (χ3n) is 1.38. The highest BCUT2D eigenvalue weighted by Crippen LogP contribution is 2.25. The SMILES string of the molecule is N[C@@H](CF)c1csc([N+](=O)[O-])c1. The number of halogens is 1. The fourth-order valence-electron chi connectivity index (χ4n) is 0.718. The van der Waals surface area contributed by atoms with Crippen LogP contribution in [0.3, 0.4) is 0 Å². The van der Waals surface area contributed by atoms with Crippen LogP contribution in [0.4, 0.5) is 9.39 Å². The maximum Gasteiger partial charge on any atom is 0.324 e. The van der Waals surface area contributed by atoms with E-state index in [1.807, 2.05) is 0 Å². The second-order valence-electron chi connectivity index (χ2n) is 2.24. The van der Waals surface area contributed by atoms with E-state index in [1.165, 1.54) is 11.4 Å². The van der Waals surface area contributed by atoms with Crippen LogP contribution < -0.4 is 5.73 Å². The zero-order valence-corrected chi connectivity index (χ0v) is 6.88. The van der Waals surface area contributed by atoms with Gasteiger partial charge in [0.05, 0.1) is 11.0 Å². The summed E-state index contributed by atoms with van der Waals surface area (Å²) in [4.78, 5) is 9.69. The van der Waals surface area contributed by atoms with Gasteiger partial charge < -0.3 is 5.73 Å². The average molecular weight is 190 g/mol. The number of nitro groups is 1. The smallest absolute Gasteiger partial charge is 0.322 e. The Morgan fingerprint density at radius 3 is 2.92 bits per heavy atom. The van der Waals surface area contributed by atoms with Crippen molar-refractivity contribution in [2.75, 3.05) is 6.67 Å². The lowest BCUT2D eigenvalue weighted by Gasteiger charge is -2.00. The molecular weight excluding hydrogens is 183 g/mol. The molecule has 1 heterocycles. The topological polar surface area (TPSA) is 69.2 Å². The Labute approximate surface area is 72.0 Å². The molecular formula is C6H7FN2O2S. The van der Waals surface area contributed by atoms with E-state index in [-0.39, 0.29) is 5.00 Å². The molecule has 0 fully saturated rings. The van der Waals surface area contributed by atoms with Crippen LogP contribution in [0.1, 0.15) is 11.6 Å². The first-order chi connectivity index (χ1) is 5.65. The van der Waals surface area contributed by atoms with Crippen molar-refractivity contribution < 1.29 is 9.31 Å². The van der Waals surface area contributed by atoms with E-state index in [0.29, 0.717) is 5.56 Å². The first-order valence-electron chi connectivity index (χ1n) is 3.19. The van der Waals surface area contributed by atoms with Gasteiger partial charge in [-0.05, 0) is 5.56 Å². The zero-order chi connectivity index (χ0) is 9.14. The van der Waals surface area contributed by atoms with E-state index in [0.717, 1.165) is 11.3 Å². The molecule has 0 saturated carbocycles. The maximum atomic E-state index is 12.0. The minimum absolute atomic E-state index is 0.00565. The predicted octanol–water partition coefficient (Wildman–Crippen LogP) is 1.63. The van der Waals surface area contributed by atoms with Crippen LogP contribution in [0.25, 0.3) is 0 Å². The lowest BCUT2D eigenvalue weighted by molar-refractivity contribution is -0.380. The monoisotopic (exact) mass is 190 g/mol. The molecule has 66 valence electrons. The summed E-state index contributed by atoms with van der Waals surface area (Å²) >= 11 is 0.956. The number of thiophene rings is 1. The second-order valence-corrected chi connectivity index (χ2v) is 3.13. The first kappa shape index (κ1) is 9.08. The van der Waals surface area contributed by atoms with Gasteiger partial charge in [0.2, 0.25) is 0 Å². The fourth-order valence-corrected chi connectivity index (χ4v) is 1.51. The summed E-state index contributed by atoms with van der Waals surface area (Å²) in [5, 5.41) is 11.7. The van der Waals surface area contributed by atoms with Gasteiger partial charge in [-0.25, -0.2) is 4.39 Å². The molecule has 2 N–H and O–H groups in total. The van der Waals surface area contributed by atoms with Crippen LogP contribution >= 0.6 is 11.3 Å². The highest BCUT2D eigenvalue weighted by atomic mass is 32.1. The van der Waals surface area contributed by atoms with Crippen molar-refractivity contribution >= 4 is 16.3 Å².